The molecule has 1 rings (SSSR count). The summed E-state index contributed by atoms with van der Waals surface area (Å²) in [5.74, 6) is 2.46. The lowest BCUT2D eigenvalue weighted by molar-refractivity contribution is 1.23. The molecule has 1 heterocycles. The predicted molar refractivity (Wildman–Crippen MR) is 39.4 cm³/mol. The number of aromatic nitrogens is 1. The summed E-state index contributed by atoms with van der Waals surface area (Å²) < 4.78 is 0. The fourth-order valence-electron chi connectivity index (χ4n) is 0.507. The number of nitrogens with zero attached hydrogens (tertiary/aromatic N) is 1. The summed E-state index contributed by atoms with van der Waals surface area (Å²) in [4.78, 5) is 4.63. The Bertz CT molecular complexity index is 249. The number of rotatable bonds is 0. The number of thiol groups is 1. The zero-order valence-electron chi connectivity index (χ0n) is 4.70. The Balaban J connectivity index is 3.12. The normalized spacial score (nSPS) is 8.44. The molecular formula is C7H5NS. The van der Waals surface area contributed by atoms with E-state index >= 15 is 0 Å². The standard InChI is InChI=1S/C7H5NS/c1-2-6-3-7(9)5-8-4-6/h1,3-5,9H. The molecule has 0 aliphatic carbocycles. The van der Waals surface area contributed by atoms with E-state index in [0.29, 0.717) is 0 Å². The number of terminal acetylenes is 1. The topological polar surface area (TPSA) is 12.9 Å². The van der Waals surface area contributed by atoms with Gasteiger partial charge in [0.25, 0.3) is 0 Å². The third kappa shape index (κ3) is 1.48. The minimum absolute atomic E-state index is 0.766. The van der Waals surface area contributed by atoms with Gasteiger partial charge in [-0.15, -0.1) is 19.1 Å². The van der Waals surface area contributed by atoms with Crippen molar-refractivity contribution < 1.29 is 0 Å². The van der Waals surface area contributed by atoms with Crippen LogP contribution in [-0.2, 0) is 0 Å². The van der Waals surface area contributed by atoms with E-state index in [1.165, 1.54) is 0 Å². The Hall–Kier alpha value is -0.940. The predicted octanol–water partition coefficient (Wildman–Crippen LogP) is 1.35. The summed E-state index contributed by atoms with van der Waals surface area (Å²) in [6.07, 6.45) is 8.36. The lowest BCUT2D eigenvalue weighted by Gasteiger charge is -1.88. The summed E-state index contributed by atoms with van der Waals surface area (Å²) in [6, 6.07) is 1.79. The Morgan fingerprint density at radius 2 is 2.33 bits per heavy atom. The maximum Gasteiger partial charge on any atom is 0.0437 e. The van der Waals surface area contributed by atoms with Gasteiger partial charge in [-0.05, 0) is 6.07 Å². The molecule has 0 N–H and O–H groups in total. The van der Waals surface area contributed by atoms with E-state index in [0.717, 1.165) is 10.5 Å². The molecule has 0 saturated heterocycles. The van der Waals surface area contributed by atoms with Crippen molar-refractivity contribution in [2.24, 2.45) is 0 Å². The maximum absolute atomic E-state index is 5.09. The van der Waals surface area contributed by atoms with Crippen molar-refractivity contribution in [2.45, 2.75) is 4.90 Å². The van der Waals surface area contributed by atoms with Gasteiger partial charge >= 0.3 is 0 Å². The first-order chi connectivity index (χ1) is 4.33. The third-order valence-corrected chi connectivity index (χ3v) is 1.14. The molecule has 0 spiro atoms. The summed E-state index contributed by atoms with van der Waals surface area (Å²) in [5.41, 5.74) is 0.766. The molecule has 0 aliphatic heterocycles. The van der Waals surface area contributed by atoms with Gasteiger partial charge in [0, 0.05) is 22.9 Å². The van der Waals surface area contributed by atoms with Crippen LogP contribution in [0, 0.1) is 12.3 Å². The van der Waals surface area contributed by atoms with Crippen molar-refractivity contribution in [2.75, 3.05) is 0 Å². The SMILES string of the molecule is C#Cc1cncc(S)c1. The second-order valence-corrected chi connectivity index (χ2v) is 2.09. The first-order valence-electron chi connectivity index (χ1n) is 2.43. The maximum atomic E-state index is 5.09. The van der Waals surface area contributed by atoms with Crippen molar-refractivity contribution >= 4 is 12.6 Å². The van der Waals surface area contributed by atoms with E-state index in [1.54, 1.807) is 18.5 Å². The van der Waals surface area contributed by atoms with Crippen LogP contribution < -0.4 is 0 Å². The smallest absolute Gasteiger partial charge is 0.0437 e. The summed E-state index contributed by atoms with van der Waals surface area (Å²) in [6.45, 7) is 0. The fraction of sp³-hybridized carbons (Fsp3) is 0. The van der Waals surface area contributed by atoms with Crippen molar-refractivity contribution in [1.29, 1.82) is 0 Å². The molecule has 0 amide bonds. The van der Waals surface area contributed by atoms with Gasteiger partial charge in [-0.3, -0.25) is 4.98 Å². The van der Waals surface area contributed by atoms with Crippen molar-refractivity contribution in [1.82, 2.24) is 4.98 Å². The van der Waals surface area contributed by atoms with E-state index < -0.39 is 0 Å². The van der Waals surface area contributed by atoms with Crippen LogP contribution in [0.4, 0.5) is 0 Å². The van der Waals surface area contributed by atoms with Crippen molar-refractivity contribution in [3.05, 3.63) is 24.0 Å². The van der Waals surface area contributed by atoms with Crippen LogP contribution in [0.5, 0.6) is 0 Å². The highest BCUT2D eigenvalue weighted by molar-refractivity contribution is 7.80. The van der Waals surface area contributed by atoms with Gasteiger partial charge in [-0.2, -0.15) is 0 Å². The highest BCUT2D eigenvalue weighted by Gasteiger charge is 1.85. The average molecular weight is 135 g/mol. The molecular weight excluding hydrogens is 130 g/mol. The van der Waals surface area contributed by atoms with Crippen molar-refractivity contribution in [3.63, 3.8) is 0 Å². The van der Waals surface area contributed by atoms with E-state index in [9.17, 15) is 0 Å². The van der Waals surface area contributed by atoms with E-state index in [4.69, 9.17) is 6.42 Å². The zero-order valence-corrected chi connectivity index (χ0v) is 5.60. The van der Waals surface area contributed by atoms with Crippen LogP contribution in [0.25, 0.3) is 0 Å². The molecule has 2 heteroatoms. The Kier molecular flexibility index (Phi) is 1.76. The molecule has 0 bridgehead atoms. The van der Waals surface area contributed by atoms with Crippen LogP contribution in [0.1, 0.15) is 5.56 Å². The van der Waals surface area contributed by atoms with Crippen molar-refractivity contribution in [3.8, 4) is 12.3 Å². The molecule has 0 unspecified atom stereocenters. The van der Waals surface area contributed by atoms with Gasteiger partial charge in [-0.25, -0.2) is 0 Å². The van der Waals surface area contributed by atoms with Crippen LogP contribution >= 0.6 is 12.6 Å². The van der Waals surface area contributed by atoms with Gasteiger partial charge in [-0.1, -0.05) is 5.92 Å². The quantitative estimate of drug-likeness (QED) is 0.418. The van der Waals surface area contributed by atoms with Gasteiger partial charge < -0.3 is 0 Å². The largest absolute Gasteiger partial charge is 0.262 e. The monoisotopic (exact) mass is 135 g/mol. The molecule has 1 nitrogen and oxygen atoms in total. The first kappa shape index (κ1) is 6.18. The molecule has 0 fully saturated rings. The van der Waals surface area contributed by atoms with Gasteiger partial charge in [0.2, 0.25) is 0 Å². The molecule has 0 aliphatic rings. The molecule has 44 valence electrons. The molecule has 1 aromatic rings. The van der Waals surface area contributed by atoms with Crippen LogP contribution in [0.15, 0.2) is 23.4 Å². The Labute approximate surface area is 59.5 Å². The summed E-state index contributed by atoms with van der Waals surface area (Å²) in [7, 11) is 0. The molecule has 0 radical (unpaired) electrons. The Morgan fingerprint density at radius 3 is 2.78 bits per heavy atom. The van der Waals surface area contributed by atoms with Gasteiger partial charge in [0.1, 0.15) is 0 Å². The van der Waals surface area contributed by atoms with Crippen LogP contribution in [0.3, 0.4) is 0 Å². The third-order valence-electron chi connectivity index (χ3n) is 0.890. The minimum Gasteiger partial charge on any atom is -0.262 e. The Morgan fingerprint density at radius 1 is 1.56 bits per heavy atom. The van der Waals surface area contributed by atoms with Gasteiger partial charge in [0.15, 0.2) is 0 Å². The average Bonchev–Trinajstić information content (AvgIpc) is 1.88. The molecule has 0 aromatic carbocycles. The fourth-order valence-corrected chi connectivity index (χ4v) is 0.712. The van der Waals surface area contributed by atoms with E-state index in [2.05, 4.69) is 23.5 Å². The lowest BCUT2D eigenvalue weighted by atomic mass is 10.3. The second kappa shape index (κ2) is 2.56. The highest BCUT2D eigenvalue weighted by atomic mass is 32.1. The molecule has 0 atom stereocenters. The van der Waals surface area contributed by atoms with Crippen LogP contribution in [0.2, 0.25) is 0 Å². The highest BCUT2D eigenvalue weighted by Crippen LogP contribution is 2.04. The van der Waals surface area contributed by atoms with E-state index in [-0.39, 0.29) is 0 Å². The number of hydrogen-bond donors (Lipinski definition) is 1. The van der Waals surface area contributed by atoms with Crippen LogP contribution in [-0.4, -0.2) is 4.98 Å². The zero-order chi connectivity index (χ0) is 6.69. The van der Waals surface area contributed by atoms with E-state index in [1.807, 2.05) is 0 Å². The summed E-state index contributed by atoms with van der Waals surface area (Å²) in [5, 5.41) is 0. The lowest BCUT2D eigenvalue weighted by Crippen LogP contribution is -1.76. The molecule has 9 heavy (non-hydrogen) atoms. The minimum atomic E-state index is 0.766. The number of pyridine rings is 1. The second-order valence-electron chi connectivity index (χ2n) is 1.58. The summed E-state index contributed by atoms with van der Waals surface area (Å²) >= 11 is 4.05. The first-order valence-corrected chi connectivity index (χ1v) is 2.88. The molecule has 1 aromatic heterocycles. The van der Waals surface area contributed by atoms with Gasteiger partial charge in [0.05, 0.1) is 0 Å². The molecule has 0 saturated carbocycles. The number of hydrogen-bond acceptors (Lipinski definition) is 2.